The fourth-order valence-corrected chi connectivity index (χ4v) is 0.436. The molecule has 0 aromatic carbocycles. The number of ether oxygens (including phenoxy) is 1. The van der Waals surface area contributed by atoms with Crippen LogP contribution in [0.25, 0.3) is 0 Å². The van der Waals surface area contributed by atoms with Gasteiger partial charge in [-0.3, -0.25) is 0 Å². The van der Waals surface area contributed by atoms with Crippen molar-refractivity contribution >= 4 is 11.9 Å². The van der Waals surface area contributed by atoms with Gasteiger partial charge in [0, 0.05) is 12.2 Å². The van der Waals surface area contributed by atoms with E-state index in [0.29, 0.717) is 6.61 Å². The van der Waals surface area contributed by atoms with Gasteiger partial charge in [0.25, 0.3) is 0 Å². The summed E-state index contributed by atoms with van der Waals surface area (Å²) in [5.74, 6) is -1.52. The van der Waals surface area contributed by atoms with Crippen molar-refractivity contribution < 1.29 is 19.4 Å². The lowest BCUT2D eigenvalue weighted by atomic mass is 10.2. The average Bonchev–Trinajstić information content (AvgIpc) is 1.96. The predicted octanol–water partition coefficient (Wildman–Crippen LogP) is 0.826. The minimum absolute atomic E-state index is 0.257. The van der Waals surface area contributed by atoms with Crippen molar-refractivity contribution in [1.82, 2.24) is 0 Å². The van der Waals surface area contributed by atoms with Crippen LogP contribution in [0, 0.1) is 5.92 Å². The van der Waals surface area contributed by atoms with Crippen LogP contribution in [0.4, 0.5) is 0 Å². The zero-order valence-corrected chi connectivity index (χ0v) is 7.11. The fourth-order valence-electron chi connectivity index (χ4n) is 0.436. The van der Waals surface area contributed by atoms with E-state index in [9.17, 15) is 9.59 Å². The van der Waals surface area contributed by atoms with Gasteiger partial charge in [0.2, 0.25) is 0 Å². The number of carbonyl (C=O) groups excluding carboxylic acids is 1. The van der Waals surface area contributed by atoms with Gasteiger partial charge in [-0.2, -0.15) is 0 Å². The molecule has 0 amide bonds. The molecule has 68 valence electrons. The Labute approximate surface area is 70.8 Å². The Kier molecular flexibility index (Phi) is 4.76. The molecule has 0 aliphatic heterocycles. The summed E-state index contributed by atoms with van der Waals surface area (Å²) in [6.45, 7) is 4.10. The molecule has 0 atom stereocenters. The van der Waals surface area contributed by atoms with E-state index < -0.39 is 11.9 Å². The third-order valence-corrected chi connectivity index (χ3v) is 0.921. The van der Waals surface area contributed by atoms with E-state index in [1.54, 1.807) is 0 Å². The molecule has 0 spiro atoms. The zero-order valence-electron chi connectivity index (χ0n) is 7.11. The molecule has 0 aromatic heterocycles. The topological polar surface area (TPSA) is 63.6 Å². The first-order chi connectivity index (χ1) is 5.52. The summed E-state index contributed by atoms with van der Waals surface area (Å²) in [6, 6.07) is 0. The Balaban J connectivity index is 3.67. The Hall–Kier alpha value is -1.32. The molecule has 0 heterocycles. The maximum atomic E-state index is 10.7. The SMILES string of the molecule is CC(C)COC(=O)/C=C/C(=O)O. The van der Waals surface area contributed by atoms with Crippen molar-refractivity contribution in [1.29, 1.82) is 0 Å². The lowest BCUT2D eigenvalue weighted by Crippen LogP contribution is -2.07. The smallest absolute Gasteiger partial charge is 0.331 e. The molecular formula is C8H12O4. The van der Waals surface area contributed by atoms with Crippen LogP contribution in [0.15, 0.2) is 12.2 Å². The van der Waals surface area contributed by atoms with Gasteiger partial charge in [0.15, 0.2) is 0 Å². The first kappa shape index (κ1) is 10.7. The van der Waals surface area contributed by atoms with Crippen LogP contribution >= 0.6 is 0 Å². The van der Waals surface area contributed by atoms with Crippen molar-refractivity contribution in [2.75, 3.05) is 6.61 Å². The minimum atomic E-state index is -1.16. The van der Waals surface area contributed by atoms with Crippen LogP contribution in [0.3, 0.4) is 0 Å². The molecule has 0 aliphatic rings. The third kappa shape index (κ3) is 6.80. The largest absolute Gasteiger partial charge is 0.478 e. The molecule has 0 aromatic rings. The number of carbonyl (C=O) groups is 2. The zero-order chi connectivity index (χ0) is 9.56. The second kappa shape index (κ2) is 5.35. The summed E-state index contributed by atoms with van der Waals surface area (Å²) in [7, 11) is 0. The number of hydrogen-bond acceptors (Lipinski definition) is 3. The molecule has 12 heavy (non-hydrogen) atoms. The molecular weight excluding hydrogens is 160 g/mol. The second-order valence-corrected chi connectivity index (χ2v) is 2.70. The number of hydrogen-bond donors (Lipinski definition) is 1. The van der Waals surface area contributed by atoms with Crippen molar-refractivity contribution in [2.45, 2.75) is 13.8 Å². The predicted molar refractivity (Wildman–Crippen MR) is 42.6 cm³/mol. The summed E-state index contributed by atoms with van der Waals surface area (Å²) < 4.78 is 4.66. The third-order valence-electron chi connectivity index (χ3n) is 0.921. The monoisotopic (exact) mass is 172 g/mol. The molecule has 0 radical (unpaired) electrons. The summed E-state index contributed by atoms with van der Waals surface area (Å²) in [5.41, 5.74) is 0. The van der Waals surface area contributed by atoms with E-state index in [-0.39, 0.29) is 5.92 Å². The summed E-state index contributed by atoms with van der Waals surface area (Å²) in [5, 5.41) is 8.15. The molecule has 0 bridgehead atoms. The van der Waals surface area contributed by atoms with E-state index in [2.05, 4.69) is 4.74 Å². The van der Waals surface area contributed by atoms with Crippen LogP contribution in [0.5, 0.6) is 0 Å². The highest BCUT2D eigenvalue weighted by atomic mass is 16.5. The number of aliphatic carboxylic acids is 1. The molecule has 0 rings (SSSR count). The molecule has 0 aliphatic carbocycles. The first-order valence-electron chi connectivity index (χ1n) is 3.60. The Morgan fingerprint density at radius 2 is 2.00 bits per heavy atom. The van der Waals surface area contributed by atoms with E-state index in [4.69, 9.17) is 5.11 Å². The van der Waals surface area contributed by atoms with Gasteiger partial charge in [0.1, 0.15) is 0 Å². The van der Waals surface area contributed by atoms with Gasteiger partial charge in [-0.1, -0.05) is 13.8 Å². The summed E-state index contributed by atoms with van der Waals surface area (Å²) in [6.07, 6.45) is 1.65. The first-order valence-corrected chi connectivity index (χ1v) is 3.60. The van der Waals surface area contributed by atoms with Crippen molar-refractivity contribution in [3.05, 3.63) is 12.2 Å². The lowest BCUT2D eigenvalue weighted by molar-refractivity contribution is -0.139. The highest BCUT2D eigenvalue weighted by Gasteiger charge is 1.99. The molecule has 0 saturated carbocycles. The molecule has 0 saturated heterocycles. The maximum absolute atomic E-state index is 10.7. The number of rotatable bonds is 4. The highest BCUT2D eigenvalue weighted by Crippen LogP contribution is 1.93. The Morgan fingerprint density at radius 1 is 1.42 bits per heavy atom. The summed E-state index contributed by atoms with van der Waals surface area (Å²) >= 11 is 0. The van der Waals surface area contributed by atoms with Crippen LogP contribution in [0.1, 0.15) is 13.8 Å². The molecule has 0 unspecified atom stereocenters. The van der Waals surface area contributed by atoms with Gasteiger partial charge < -0.3 is 9.84 Å². The standard InChI is InChI=1S/C8H12O4/c1-6(2)5-12-8(11)4-3-7(9)10/h3-4,6H,5H2,1-2H3,(H,9,10)/b4-3+. The lowest BCUT2D eigenvalue weighted by Gasteiger charge is -2.03. The molecule has 0 fully saturated rings. The number of esters is 1. The number of carboxylic acid groups (broad SMARTS) is 1. The minimum Gasteiger partial charge on any atom is -0.478 e. The van der Waals surface area contributed by atoms with Crippen molar-refractivity contribution in [2.24, 2.45) is 5.92 Å². The second-order valence-electron chi connectivity index (χ2n) is 2.70. The normalized spacial score (nSPS) is 10.6. The van der Waals surface area contributed by atoms with Crippen LogP contribution in [-0.4, -0.2) is 23.7 Å². The van der Waals surface area contributed by atoms with Gasteiger partial charge >= 0.3 is 11.9 Å². The highest BCUT2D eigenvalue weighted by molar-refractivity contribution is 5.90. The van der Waals surface area contributed by atoms with E-state index in [1.807, 2.05) is 13.8 Å². The molecule has 4 heteroatoms. The van der Waals surface area contributed by atoms with Gasteiger partial charge in [-0.25, -0.2) is 9.59 Å². The van der Waals surface area contributed by atoms with Gasteiger partial charge in [-0.15, -0.1) is 0 Å². The Bertz CT molecular complexity index is 193. The fraction of sp³-hybridized carbons (Fsp3) is 0.500. The van der Waals surface area contributed by atoms with Crippen molar-refractivity contribution in [3.8, 4) is 0 Å². The summed E-state index contributed by atoms with van der Waals surface area (Å²) in [4.78, 5) is 20.6. The van der Waals surface area contributed by atoms with E-state index >= 15 is 0 Å². The molecule has 1 N–H and O–H groups in total. The van der Waals surface area contributed by atoms with E-state index in [0.717, 1.165) is 12.2 Å². The van der Waals surface area contributed by atoms with Crippen LogP contribution < -0.4 is 0 Å². The van der Waals surface area contributed by atoms with Crippen LogP contribution in [0.2, 0.25) is 0 Å². The van der Waals surface area contributed by atoms with Crippen LogP contribution in [-0.2, 0) is 14.3 Å². The number of carboxylic acids is 1. The van der Waals surface area contributed by atoms with Gasteiger partial charge in [-0.05, 0) is 5.92 Å². The average molecular weight is 172 g/mol. The Morgan fingerprint density at radius 3 is 2.42 bits per heavy atom. The van der Waals surface area contributed by atoms with E-state index in [1.165, 1.54) is 0 Å². The van der Waals surface area contributed by atoms with Crippen molar-refractivity contribution in [3.63, 3.8) is 0 Å². The maximum Gasteiger partial charge on any atom is 0.331 e. The molecule has 4 nitrogen and oxygen atoms in total. The van der Waals surface area contributed by atoms with Gasteiger partial charge in [0.05, 0.1) is 6.61 Å². The quantitative estimate of drug-likeness (QED) is 0.503.